The topological polar surface area (TPSA) is 80.5 Å². The lowest BCUT2D eigenvalue weighted by atomic mass is 10.2. The lowest BCUT2D eigenvalue weighted by molar-refractivity contribution is 0.0601. The number of nitrogens with zero attached hydrogens (tertiary/aromatic N) is 2. The van der Waals surface area contributed by atoms with Crippen LogP contribution in [0, 0.1) is 0 Å². The van der Waals surface area contributed by atoms with E-state index in [1.807, 2.05) is 7.05 Å². The van der Waals surface area contributed by atoms with Gasteiger partial charge in [-0.25, -0.2) is 9.78 Å². The number of likely N-dealkylation sites (N-methyl/N-ethyl adjacent to an activating group) is 1. The lowest BCUT2D eigenvalue weighted by Crippen LogP contribution is -2.31. The van der Waals surface area contributed by atoms with Crippen molar-refractivity contribution in [1.29, 1.82) is 0 Å². The maximum Gasteiger partial charge on any atom is 0.341 e. The van der Waals surface area contributed by atoms with Gasteiger partial charge in [0.2, 0.25) is 0 Å². The fraction of sp³-hybridized carbons (Fsp3) is 0.538. The second kappa shape index (κ2) is 6.94. The van der Waals surface area contributed by atoms with Gasteiger partial charge in [-0.2, -0.15) is 0 Å². The quantitative estimate of drug-likeness (QED) is 0.753. The highest BCUT2D eigenvalue weighted by Gasteiger charge is 2.13. The molecular formula is C13H22N4O2. The van der Waals surface area contributed by atoms with Crippen LogP contribution in [0.3, 0.4) is 0 Å². The molecule has 0 saturated heterocycles. The number of rotatable bonds is 6. The minimum atomic E-state index is -0.445. The molecule has 0 spiro atoms. The number of pyridine rings is 1. The Morgan fingerprint density at radius 2 is 2.26 bits per heavy atom. The minimum Gasteiger partial charge on any atom is -0.465 e. The van der Waals surface area contributed by atoms with E-state index in [1.165, 1.54) is 13.3 Å². The summed E-state index contributed by atoms with van der Waals surface area (Å²) in [6.07, 6.45) is 1.51. The van der Waals surface area contributed by atoms with Crippen molar-refractivity contribution >= 4 is 17.5 Å². The van der Waals surface area contributed by atoms with Gasteiger partial charge in [0.15, 0.2) is 0 Å². The van der Waals surface area contributed by atoms with E-state index in [-0.39, 0.29) is 0 Å². The number of aromatic nitrogens is 1. The predicted molar refractivity (Wildman–Crippen MR) is 76.2 cm³/mol. The molecule has 0 aliphatic rings. The van der Waals surface area contributed by atoms with Crippen LogP contribution in [0.2, 0.25) is 0 Å². The molecule has 0 atom stereocenters. The lowest BCUT2D eigenvalue weighted by Gasteiger charge is -2.21. The summed E-state index contributed by atoms with van der Waals surface area (Å²) >= 11 is 0. The number of hydrogen-bond donors (Lipinski definition) is 2. The van der Waals surface area contributed by atoms with E-state index in [0.717, 1.165) is 6.54 Å². The Labute approximate surface area is 113 Å². The normalized spacial score (nSPS) is 10.8. The maximum atomic E-state index is 11.6. The molecule has 0 radical (unpaired) electrons. The van der Waals surface area contributed by atoms with Crippen LogP contribution in [-0.2, 0) is 4.74 Å². The molecule has 0 aliphatic heterocycles. The molecule has 0 saturated carbocycles. The average molecular weight is 266 g/mol. The molecule has 6 nitrogen and oxygen atoms in total. The fourth-order valence-corrected chi connectivity index (χ4v) is 1.50. The highest BCUT2D eigenvalue weighted by molar-refractivity contribution is 5.95. The molecule has 1 heterocycles. The maximum absolute atomic E-state index is 11.6. The number of nitrogens with one attached hydrogen (secondary N) is 1. The number of carbonyl (C=O) groups excluding carboxylic acids is 1. The molecule has 0 aliphatic carbocycles. The summed E-state index contributed by atoms with van der Waals surface area (Å²) in [7, 11) is 3.38. The van der Waals surface area contributed by atoms with Crippen LogP contribution < -0.4 is 11.1 Å². The van der Waals surface area contributed by atoms with Gasteiger partial charge in [-0.3, -0.25) is 0 Å². The molecule has 6 heteroatoms. The third kappa shape index (κ3) is 4.40. The number of nitrogens with two attached hydrogens (primary N) is 1. The van der Waals surface area contributed by atoms with Crippen molar-refractivity contribution in [3.8, 4) is 0 Å². The van der Waals surface area contributed by atoms with Crippen molar-refractivity contribution in [1.82, 2.24) is 9.88 Å². The first-order chi connectivity index (χ1) is 8.95. The van der Waals surface area contributed by atoms with Gasteiger partial charge < -0.3 is 20.7 Å². The summed E-state index contributed by atoms with van der Waals surface area (Å²) in [4.78, 5) is 18.0. The van der Waals surface area contributed by atoms with E-state index in [4.69, 9.17) is 10.5 Å². The summed E-state index contributed by atoms with van der Waals surface area (Å²) in [6, 6.07) is 2.04. The molecule has 106 valence electrons. The van der Waals surface area contributed by atoms with Gasteiger partial charge in [-0.15, -0.1) is 0 Å². The van der Waals surface area contributed by atoms with E-state index in [2.05, 4.69) is 29.0 Å². The molecule has 1 rings (SSSR count). The van der Waals surface area contributed by atoms with Gasteiger partial charge >= 0.3 is 5.97 Å². The zero-order valence-corrected chi connectivity index (χ0v) is 11.9. The van der Waals surface area contributed by atoms with Gasteiger partial charge in [0, 0.05) is 19.1 Å². The first kappa shape index (κ1) is 15.2. The van der Waals surface area contributed by atoms with Crippen LogP contribution in [0.25, 0.3) is 0 Å². The van der Waals surface area contributed by atoms with Crippen molar-refractivity contribution < 1.29 is 9.53 Å². The van der Waals surface area contributed by atoms with Crippen molar-refractivity contribution in [2.24, 2.45) is 0 Å². The Bertz CT molecular complexity index is 435. The number of carbonyl (C=O) groups is 1. The second-order valence-corrected chi connectivity index (χ2v) is 4.66. The second-order valence-electron chi connectivity index (χ2n) is 4.66. The van der Waals surface area contributed by atoms with Gasteiger partial charge in [-0.1, -0.05) is 0 Å². The Morgan fingerprint density at radius 1 is 1.58 bits per heavy atom. The summed E-state index contributed by atoms with van der Waals surface area (Å²) in [5.74, 6) is 0.0534. The number of anilines is 2. The molecular weight excluding hydrogens is 244 g/mol. The monoisotopic (exact) mass is 266 g/mol. The Morgan fingerprint density at radius 3 is 2.84 bits per heavy atom. The van der Waals surface area contributed by atoms with E-state index in [0.29, 0.717) is 29.7 Å². The van der Waals surface area contributed by atoms with Gasteiger partial charge in [0.1, 0.15) is 11.4 Å². The summed E-state index contributed by atoms with van der Waals surface area (Å²) in [6.45, 7) is 5.79. The van der Waals surface area contributed by atoms with Crippen LogP contribution >= 0.6 is 0 Å². The summed E-state index contributed by atoms with van der Waals surface area (Å²) < 4.78 is 4.71. The van der Waals surface area contributed by atoms with E-state index in [1.54, 1.807) is 6.07 Å². The van der Waals surface area contributed by atoms with Crippen molar-refractivity contribution in [3.63, 3.8) is 0 Å². The molecule has 0 bridgehead atoms. The highest BCUT2D eigenvalue weighted by atomic mass is 16.5. The summed E-state index contributed by atoms with van der Waals surface area (Å²) in [5, 5.41) is 3.13. The Balaban J connectivity index is 2.70. The molecule has 0 amide bonds. The molecule has 0 aromatic carbocycles. The van der Waals surface area contributed by atoms with Gasteiger partial charge in [-0.05, 0) is 27.0 Å². The fourth-order valence-electron chi connectivity index (χ4n) is 1.50. The molecule has 3 N–H and O–H groups in total. The smallest absolute Gasteiger partial charge is 0.341 e. The molecule has 0 fully saturated rings. The van der Waals surface area contributed by atoms with Crippen molar-refractivity contribution in [2.75, 3.05) is 38.3 Å². The minimum absolute atomic E-state index is 0.356. The van der Waals surface area contributed by atoms with Gasteiger partial charge in [0.05, 0.1) is 19.0 Å². The number of hydrogen-bond acceptors (Lipinski definition) is 6. The Kier molecular flexibility index (Phi) is 5.57. The highest BCUT2D eigenvalue weighted by Crippen LogP contribution is 2.16. The van der Waals surface area contributed by atoms with E-state index in [9.17, 15) is 4.79 Å². The van der Waals surface area contributed by atoms with Crippen LogP contribution in [0.4, 0.5) is 11.5 Å². The van der Waals surface area contributed by atoms with Crippen LogP contribution in [0.1, 0.15) is 24.2 Å². The first-order valence-electron chi connectivity index (χ1n) is 6.23. The third-order valence-corrected chi connectivity index (χ3v) is 2.95. The SMILES string of the molecule is COC(=O)c1cc(N)cnc1NCCN(C)C(C)C. The number of ether oxygens (including phenoxy) is 1. The predicted octanol–water partition coefficient (Wildman–Crippen LogP) is 1.20. The zero-order chi connectivity index (χ0) is 14.4. The largest absolute Gasteiger partial charge is 0.465 e. The molecule has 1 aromatic heterocycles. The Hall–Kier alpha value is -1.82. The van der Waals surface area contributed by atoms with E-state index < -0.39 is 5.97 Å². The number of nitrogen functional groups attached to an aromatic ring is 1. The average Bonchev–Trinajstić information content (AvgIpc) is 2.39. The molecule has 19 heavy (non-hydrogen) atoms. The number of methoxy groups -OCH3 is 1. The van der Waals surface area contributed by atoms with Crippen molar-refractivity contribution in [2.45, 2.75) is 19.9 Å². The van der Waals surface area contributed by atoms with Crippen LogP contribution in [0.5, 0.6) is 0 Å². The van der Waals surface area contributed by atoms with E-state index >= 15 is 0 Å². The van der Waals surface area contributed by atoms with Crippen LogP contribution in [-0.4, -0.2) is 49.1 Å². The molecule has 1 aromatic rings. The summed E-state index contributed by atoms with van der Waals surface area (Å²) in [5.41, 5.74) is 6.42. The first-order valence-corrected chi connectivity index (χ1v) is 6.23. The zero-order valence-electron chi connectivity index (χ0n) is 11.9. The molecule has 0 unspecified atom stereocenters. The third-order valence-electron chi connectivity index (χ3n) is 2.95. The number of esters is 1. The van der Waals surface area contributed by atoms with Crippen LogP contribution in [0.15, 0.2) is 12.3 Å². The van der Waals surface area contributed by atoms with Crippen molar-refractivity contribution in [3.05, 3.63) is 17.8 Å². The standard InChI is InChI=1S/C13H22N4O2/c1-9(2)17(3)6-5-15-12-11(13(18)19-4)7-10(14)8-16-12/h7-9H,5-6,14H2,1-4H3,(H,15,16). The van der Waals surface area contributed by atoms with Gasteiger partial charge in [0.25, 0.3) is 0 Å².